The summed E-state index contributed by atoms with van der Waals surface area (Å²) in [6.07, 6.45) is 1.40. The van der Waals surface area contributed by atoms with Crippen LogP contribution in [0.15, 0.2) is 30.5 Å². The van der Waals surface area contributed by atoms with E-state index in [-0.39, 0.29) is 5.92 Å². The van der Waals surface area contributed by atoms with Gasteiger partial charge in [0.1, 0.15) is 0 Å². The van der Waals surface area contributed by atoms with Crippen LogP contribution in [0.25, 0.3) is 10.9 Å². The van der Waals surface area contributed by atoms with E-state index in [4.69, 9.17) is 4.74 Å². The normalized spacial score (nSPS) is 15.2. The van der Waals surface area contributed by atoms with Gasteiger partial charge in [-0.25, -0.2) is 0 Å². The van der Waals surface area contributed by atoms with Gasteiger partial charge in [-0.05, 0) is 17.7 Å². The zero-order valence-electron chi connectivity index (χ0n) is 9.60. The maximum Gasteiger partial charge on any atom is 0.0844 e. The molecule has 2 atom stereocenters. The number of nitrogens with one attached hydrogen (secondary N) is 1. The summed E-state index contributed by atoms with van der Waals surface area (Å²) in [5.41, 5.74) is 2.02. The van der Waals surface area contributed by atoms with Crippen LogP contribution in [0.5, 0.6) is 0 Å². The molecule has 16 heavy (non-hydrogen) atoms. The topological polar surface area (TPSA) is 45.2 Å². The lowest BCUT2D eigenvalue weighted by molar-refractivity contribution is 0.0575. The molecule has 0 aliphatic rings. The van der Waals surface area contributed by atoms with Crippen molar-refractivity contribution in [3.63, 3.8) is 0 Å². The highest BCUT2D eigenvalue weighted by molar-refractivity contribution is 5.83. The van der Waals surface area contributed by atoms with E-state index in [9.17, 15) is 5.11 Å². The number of benzene rings is 1. The molecule has 0 aliphatic carbocycles. The summed E-state index contributed by atoms with van der Waals surface area (Å²) < 4.78 is 5.07. The van der Waals surface area contributed by atoms with Crippen LogP contribution in [0.2, 0.25) is 0 Å². The Morgan fingerprint density at radius 2 is 2.19 bits per heavy atom. The average Bonchev–Trinajstić information content (AvgIpc) is 2.76. The van der Waals surface area contributed by atoms with E-state index < -0.39 is 6.10 Å². The maximum absolute atomic E-state index is 10.2. The monoisotopic (exact) mass is 219 g/mol. The van der Waals surface area contributed by atoms with Gasteiger partial charge in [-0.1, -0.05) is 19.1 Å². The molecule has 3 heteroatoms. The lowest BCUT2D eigenvalue weighted by Gasteiger charge is -2.19. The highest BCUT2D eigenvalue weighted by Gasteiger charge is 2.18. The largest absolute Gasteiger partial charge is 0.388 e. The molecule has 3 nitrogen and oxygen atoms in total. The summed E-state index contributed by atoms with van der Waals surface area (Å²) in [7, 11) is 1.65. The third-order valence-electron chi connectivity index (χ3n) is 2.92. The highest BCUT2D eigenvalue weighted by Crippen LogP contribution is 2.28. The van der Waals surface area contributed by atoms with Gasteiger partial charge in [0.25, 0.3) is 0 Å². The zero-order chi connectivity index (χ0) is 11.5. The molecule has 86 valence electrons. The minimum Gasteiger partial charge on any atom is -0.388 e. The van der Waals surface area contributed by atoms with E-state index in [0.717, 1.165) is 16.5 Å². The molecule has 0 amide bonds. The Kier molecular flexibility index (Phi) is 3.27. The minimum atomic E-state index is -0.487. The molecule has 2 N–H and O–H groups in total. The van der Waals surface area contributed by atoms with Gasteiger partial charge in [-0.3, -0.25) is 0 Å². The number of aromatic amines is 1. The Labute approximate surface area is 95.1 Å². The van der Waals surface area contributed by atoms with E-state index >= 15 is 0 Å². The molecule has 0 spiro atoms. The van der Waals surface area contributed by atoms with Crippen LogP contribution in [0, 0.1) is 5.92 Å². The Morgan fingerprint density at radius 1 is 1.38 bits per heavy atom. The summed E-state index contributed by atoms with van der Waals surface area (Å²) in [4.78, 5) is 3.14. The van der Waals surface area contributed by atoms with Gasteiger partial charge in [-0.2, -0.15) is 0 Å². The van der Waals surface area contributed by atoms with Gasteiger partial charge in [0.05, 0.1) is 12.7 Å². The van der Waals surface area contributed by atoms with Crippen LogP contribution in [0.4, 0.5) is 0 Å². The van der Waals surface area contributed by atoms with Gasteiger partial charge >= 0.3 is 0 Å². The van der Waals surface area contributed by atoms with E-state index in [1.165, 1.54) is 0 Å². The quantitative estimate of drug-likeness (QED) is 0.829. The molecule has 1 aromatic carbocycles. The van der Waals surface area contributed by atoms with Crippen molar-refractivity contribution in [1.29, 1.82) is 0 Å². The van der Waals surface area contributed by atoms with Gasteiger partial charge in [0.15, 0.2) is 0 Å². The Morgan fingerprint density at radius 3 is 2.94 bits per heavy atom. The molecule has 0 fully saturated rings. The molecular weight excluding hydrogens is 202 g/mol. The second-order valence-electron chi connectivity index (χ2n) is 4.16. The second kappa shape index (κ2) is 4.68. The predicted molar refractivity (Wildman–Crippen MR) is 64.3 cm³/mol. The van der Waals surface area contributed by atoms with Gasteiger partial charge < -0.3 is 14.8 Å². The lowest BCUT2D eigenvalue weighted by Crippen LogP contribution is -2.14. The fourth-order valence-corrected chi connectivity index (χ4v) is 2.03. The van der Waals surface area contributed by atoms with Crippen molar-refractivity contribution in [2.45, 2.75) is 13.0 Å². The first-order chi connectivity index (χ1) is 7.74. The lowest BCUT2D eigenvalue weighted by atomic mass is 9.95. The molecule has 2 rings (SSSR count). The van der Waals surface area contributed by atoms with Crippen molar-refractivity contribution in [1.82, 2.24) is 4.98 Å². The number of hydrogen-bond acceptors (Lipinski definition) is 2. The number of aromatic nitrogens is 1. The third-order valence-corrected chi connectivity index (χ3v) is 2.92. The number of fused-ring (bicyclic) bond motifs is 1. The Bertz CT molecular complexity index is 464. The molecule has 2 unspecified atom stereocenters. The van der Waals surface area contributed by atoms with Crippen molar-refractivity contribution >= 4 is 10.9 Å². The summed E-state index contributed by atoms with van der Waals surface area (Å²) in [6.45, 7) is 2.54. The molecule has 1 heterocycles. The van der Waals surface area contributed by atoms with Gasteiger partial charge in [0.2, 0.25) is 0 Å². The minimum absolute atomic E-state index is 0.0884. The SMILES string of the molecule is COCC(C)C(O)c1cccc2[nH]ccc12. The van der Waals surface area contributed by atoms with Crippen molar-refractivity contribution in [2.75, 3.05) is 13.7 Å². The number of H-pyrrole nitrogens is 1. The summed E-state index contributed by atoms with van der Waals surface area (Å²) in [5, 5.41) is 11.3. The summed E-state index contributed by atoms with van der Waals surface area (Å²) in [6, 6.07) is 7.92. The first-order valence-corrected chi connectivity index (χ1v) is 5.47. The molecule has 1 aromatic heterocycles. The van der Waals surface area contributed by atoms with Crippen LogP contribution in [0.1, 0.15) is 18.6 Å². The first kappa shape index (κ1) is 11.2. The number of ether oxygens (including phenoxy) is 1. The van der Waals surface area contributed by atoms with Crippen molar-refractivity contribution < 1.29 is 9.84 Å². The molecule has 0 saturated carbocycles. The number of rotatable bonds is 4. The number of aliphatic hydroxyl groups is 1. The number of methoxy groups -OCH3 is 1. The van der Waals surface area contributed by atoms with Crippen molar-refractivity contribution in [3.05, 3.63) is 36.0 Å². The third kappa shape index (κ3) is 1.96. The Balaban J connectivity index is 2.35. The first-order valence-electron chi connectivity index (χ1n) is 5.47. The van der Waals surface area contributed by atoms with Crippen LogP contribution in [-0.4, -0.2) is 23.8 Å². The molecular formula is C13H17NO2. The maximum atomic E-state index is 10.2. The van der Waals surface area contributed by atoms with E-state index in [1.807, 2.05) is 37.4 Å². The summed E-state index contributed by atoms with van der Waals surface area (Å²) >= 11 is 0. The molecule has 0 aliphatic heterocycles. The van der Waals surface area contributed by atoms with Crippen LogP contribution >= 0.6 is 0 Å². The number of aliphatic hydroxyl groups excluding tert-OH is 1. The number of hydrogen-bond donors (Lipinski definition) is 2. The highest BCUT2D eigenvalue weighted by atomic mass is 16.5. The van der Waals surface area contributed by atoms with Gasteiger partial charge in [0, 0.05) is 30.1 Å². The van der Waals surface area contributed by atoms with Crippen LogP contribution in [-0.2, 0) is 4.74 Å². The summed E-state index contributed by atoms with van der Waals surface area (Å²) in [5.74, 6) is 0.0884. The van der Waals surface area contributed by atoms with E-state index in [1.54, 1.807) is 7.11 Å². The average molecular weight is 219 g/mol. The van der Waals surface area contributed by atoms with E-state index in [2.05, 4.69) is 4.98 Å². The molecule has 0 saturated heterocycles. The molecule has 0 bridgehead atoms. The van der Waals surface area contributed by atoms with Gasteiger partial charge in [-0.15, -0.1) is 0 Å². The molecule has 2 aromatic rings. The van der Waals surface area contributed by atoms with Crippen molar-refractivity contribution in [3.8, 4) is 0 Å². The van der Waals surface area contributed by atoms with Crippen molar-refractivity contribution in [2.24, 2.45) is 5.92 Å². The van der Waals surface area contributed by atoms with Crippen LogP contribution < -0.4 is 0 Å². The standard InChI is InChI=1S/C13H17NO2/c1-9(8-16-2)13(15)11-4-3-5-12-10(11)6-7-14-12/h3-7,9,13-15H,8H2,1-2H3. The Hall–Kier alpha value is -1.32. The van der Waals surface area contributed by atoms with Crippen LogP contribution in [0.3, 0.4) is 0 Å². The predicted octanol–water partition coefficient (Wildman–Crippen LogP) is 2.48. The molecule has 0 radical (unpaired) electrons. The second-order valence-corrected chi connectivity index (χ2v) is 4.16. The fourth-order valence-electron chi connectivity index (χ4n) is 2.03. The fraction of sp³-hybridized carbons (Fsp3) is 0.385. The zero-order valence-corrected chi connectivity index (χ0v) is 9.60. The smallest absolute Gasteiger partial charge is 0.0844 e. The van der Waals surface area contributed by atoms with E-state index in [0.29, 0.717) is 6.61 Å².